The summed E-state index contributed by atoms with van der Waals surface area (Å²) in [5.74, 6) is 0.134. The molecule has 0 aromatic rings. The number of amides is 3. The van der Waals surface area contributed by atoms with E-state index in [0.717, 1.165) is 12.8 Å². The van der Waals surface area contributed by atoms with Crippen LogP contribution in [0.2, 0.25) is 0 Å². The fourth-order valence-electron chi connectivity index (χ4n) is 1.75. The average Bonchev–Trinajstić information content (AvgIpc) is 2.25. The summed E-state index contributed by atoms with van der Waals surface area (Å²) in [5, 5.41) is 4.92. The van der Waals surface area contributed by atoms with Crippen LogP contribution in [0, 0.1) is 5.92 Å². The van der Waals surface area contributed by atoms with Crippen LogP contribution in [-0.2, 0) is 4.79 Å². The van der Waals surface area contributed by atoms with Crippen LogP contribution in [0.4, 0.5) is 4.79 Å². The zero-order valence-corrected chi connectivity index (χ0v) is 6.31. The Morgan fingerprint density at radius 1 is 1.55 bits per heavy atom. The Balaban J connectivity index is 2.26. The summed E-state index contributed by atoms with van der Waals surface area (Å²) < 4.78 is 0. The van der Waals surface area contributed by atoms with E-state index in [-0.39, 0.29) is 17.9 Å². The number of rotatable bonds is 0. The van der Waals surface area contributed by atoms with Gasteiger partial charge in [-0.25, -0.2) is 4.79 Å². The minimum Gasteiger partial charge on any atom is -0.323 e. The van der Waals surface area contributed by atoms with Crippen molar-refractivity contribution in [2.45, 2.75) is 25.3 Å². The van der Waals surface area contributed by atoms with E-state index in [1.165, 1.54) is 0 Å². The molecule has 3 amide bonds. The molecule has 60 valence electrons. The Morgan fingerprint density at radius 2 is 2.27 bits per heavy atom. The van der Waals surface area contributed by atoms with Crippen LogP contribution in [0.25, 0.3) is 0 Å². The molecule has 2 atom stereocenters. The van der Waals surface area contributed by atoms with Crippen LogP contribution < -0.4 is 10.6 Å². The molecular weight excluding hydrogens is 144 g/mol. The molecule has 0 aromatic heterocycles. The monoisotopic (exact) mass is 154 g/mol. The fraction of sp³-hybridized carbons (Fsp3) is 0.714. The van der Waals surface area contributed by atoms with Gasteiger partial charge in [0.1, 0.15) is 5.54 Å². The van der Waals surface area contributed by atoms with E-state index in [9.17, 15) is 9.59 Å². The molecule has 0 radical (unpaired) electrons. The van der Waals surface area contributed by atoms with Gasteiger partial charge in [0.05, 0.1) is 0 Å². The van der Waals surface area contributed by atoms with Gasteiger partial charge in [-0.15, -0.1) is 0 Å². The molecule has 0 bridgehead atoms. The normalized spacial score (nSPS) is 41.7. The largest absolute Gasteiger partial charge is 0.323 e. The highest BCUT2D eigenvalue weighted by Gasteiger charge is 2.55. The lowest BCUT2D eigenvalue weighted by Crippen LogP contribution is -2.58. The van der Waals surface area contributed by atoms with Gasteiger partial charge >= 0.3 is 6.03 Å². The van der Waals surface area contributed by atoms with Crippen LogP contribution in [0.1, 0.15) is 19.8 Å². The van der Waals surface area contributed by atoms with Gasteiger partial charge in [-0.2, -0.15) is 0 Å². The maximum Gasteiger partial charge on any atom is 0.322 e. The third-order valence-corrected chi connectivity index (χ3v) is 2.78. The van der Waals surface area contributed by atoms with Crippen molar-refractivity contribution >= 4 is 11.9 Å². The van der Waals surface area contributed by atoms with E-state index in [1.54, 1.807) is 0 Å². The van der Waals surface area contributed by atoms with Gasteiger partial charge in [-0.05, 0) is 18.8 Å². The van der Waals surface area contributed by atoms with Crippen molar-refractivity contribution in [3.05, 3.63) is 0 Å². The third kappa shape index (κ3) is 0.640. The van der Waals surface area contributed by atoms with Gasteiger partial charge in [0.2, 0.25) is 0 Å². The third-order valence-electron chi connectivity index (χ3n) is 2.78. The first kappa shape index (κ1) is 6.64. The first-order valence-electron chi connectivity index (χ1n) is 3.79. The summed E-state index contributed by atoms with van der Waals surface area (Å²) in [7, 11) is 0. The van der Waals surface area contributed by atoms with Crippen molar-refractivity contribution in [2.24, 2.45) is 5.92 Å². The maximum atomic E-state index is 11.2. The molecule has 0 aromatic carbocycles. The van der Waals surface area contributed by atoms with Crippen molar-refractivity contribution in [3.63, 3.8) is 0 Å². The molecule has 1 aliphatic heterocycles. The number of carbonyl (C=O) groups excluding carboxylic acids is 2. The highest BCUT2D eigenvalue weighted by Crippen LogP contribution is 2.39. The van der Waals surface area contributed by atoms with Gasteiger partial charge in [0, 0.05) is 0 Å². The molecule has 1 aliphatic carbocycles. The van der Waals surface area contributed by atoms with E-state index < -0.39 is 5.54 Å². The fourth-order valence-corrected chi connectivity index (χ4v) is 1.75. The molecule has 1 heterocycles. The van der Waals surface area contributed by atoms with E-state index in [0.29, 0.717) is 0 Å². The molecule has 1 unspecified atom stereocenters. The predicted octanol–water partition coefficient (Wildman–Crippen LogP) is -0.00550. The van der Waals surface area contributed by atoms with Crippen molar-refractivity contribution in [3.8, 4) is 0 Å². The number of imide groups is 1. The highest BCUT2D eigenvalue weighted by atomic mass is 16.2. The lowest BCUT2D eigenvalue weighted by Gasteiger charge is -2.41. The Morgan fingerprint density at radius 3 is 2.45 bits per heavy atom. The second-order valence-corrected chi connectivity index (χ2v) is 3.32. The second kappa shape index (κ2) is 1.75. The molecule has 2 fully saturated rings. The number of nitrogens with one attached hydrogen (secondary N) is 2. The highest BCUT2D eigenvalue weighted by molar-refractivity contribution is 6.07. The Labute approximate surface area is 64.3 Å². The Kier molecular flexibility index (Phi) is 1.06. The van der Waals surface area contributed by atoms with E-state index in [1.807, 2.05) is 6.92 Å². The lowest BCUT2D eigenvalue weighted by molar-refractivity contribution is -0.129. The van der Waals surface area contributed by atoms with Crippen molar-refractivity contribution in [2.75, 3.05) is 0 Å². The molecule has 2 rings (SSSR count). The van der Waals surface area contributed by atoms with Crippen molar-refractivity contribution in [1.29, 1.82) is 0 Å². The number of carbonyl (C=O) groups is 2. The van der Waals surface area contributed by atoms with Crippen LogP contribution in [-0.4, -0.2) is 17.5 Å². The lowest BCUT2D eigenvalue weighted by atomic mass is 9.68. The molecule has 2 aliphatic rings. The smallest absolute Gasteiger partial charge is 0.322 e. The molecule has 4 heteroatoms. The van der Waals surface area contributed by atoms with Gasteiger partial charge in [0.15, 0.2) is 0 Å². The molecule has 1 saturated heterocycles. The quantitative estimate of drug-likeness (QED) is 0.482. The van der Waals surface area contributed by atoms with Crippen molar-refractivity contribution in [1.82, 2.24) is 10.6 Å². The van der Waals surface area contributed by atoms with Crippen molar-refractivity contribution < 1.29 is 9.59 Å². The molecule has 4 nitrogen and oxygen atoms in total. The summed E-state index contributed by atoms with van der Waals surface area (Å²) in [6, 6.07) is -0.346. The second-order valence-electron chi connectivity index (χ2n) is 3.32. The molecule has 1 saturated carbocycles. The minimum absolute atomic E-state index is 0.152. The SMILES string of the molecule is CC1CC[C@]12NC(=O)NC2=O. The van der Waals surface area contributed by atoms with Gasteiger partial charge < -0.3 is 5.32 Å². The zero-order chi connectivity index (χ0) is 8.06. The minimum atomic E-state index is -0.545. The maximum absolute atomic E-state index is 11.2. The van der Waals surface area contributed by atoms with Crippen LogP contribution >= 0.6 is 0 Å². The average molecular weight is 154 g/mol. The summed E-state index contributed by atoms with van der Waals surface area (Å²) >= 11 is 0. The van der Waals surface area contributed by atoms with Gasteiger partial charge in [-0.3, -0.25) is 10.1 Å². The van der Waals surface area contributed by atoms with Gasteiger partial charge in [0.25, 0.3) is 5.91 Å². The van der Waals surface area contributed by atoms with Crippen LogP contribution in [0.15, 0.2) is 0 Å². The van der Waals surface area contributed by atoms with Crippen LogP contribution in [0.5, 0.6) is 0 Å². The summed E-state index contributed by atoms with van der Waals surface area (Å²) in [5.41, 5.74) is -0.545. The summed E-state index contributed by atoms with van der Waals surface area (Å²) in [6.45, 7) is 1.98. The van der Waals surface area contributed by atoms with Gasteiger partial charge in [-0.1, -0.05) is 6.92 Å². The first-order chi connectivity index (χ1) is 5.15. The number of hydrogen-bond donors (Lipinski definition) is 2. The zero-order valence-electron chi connectivity index (χ0n) is 6.31. The Hall–Kier alpha value is -1.06. The summed E-state index contributed by atoms with van der Waals surface area (Å²) in [4.78, 5) is 22.0. The van der Waals surface area contributed by atoms with E-state index in [2.05, 4.69) is 10.6 Å². The van der Waals surface area contributed by atoms with E-state index >= 15 is 0 Å². The standard InChI is InChI=1S/C7H10N2O2/c1-4-2-3-7(4)5(10)8-6(11)9-7/h4H,2-3H2,1H3,(H2,8,9,10,11)/t4?,7-/m0/s1. The van der Waals surface area contributed by atoms with Crippen LogP contribution in [0.3, 0.4) is 0 Å². The van der Waals surface area contributed by atoms with E-state index in [4.69, 9.17) is 0 Å². The molecular formula is C7H10N2O2. The molecule has 2 N–H and O–H groups in total. The number of urea groups is 1. The molecule has 1 spiro atoms. The predicted molar refractivity (Wildman–Crippen MR) is 37.8 cm³/mol. The number of hydrogen-bond acceptors (Lipinski definition) is 2. The topological polar surface area (TPSA) is 58.2 Å². The summed E-state index contributed by atoms with van der Waals surface area (Å²) in [6.07, 6.45) is 1.80. The molecule has 11 heavy (non-hydrogen) atoms. The Bertz CT molecular complexity index is 239. The first-order valence-corrected chi connectivity index (χ1v) is 3.79.